The summed E-state index contributed by atoms with van der Waals surface area (Å²) in [5, 5.41) is 0. The molecule has 0 unspecified atom stereocenters. The van der Waals surface area contributed by atoms with Crippen molar-refractivity contribution in [3.63, 3.8) is 0 Å². The van der Waals surface area contributed by atoms with Crippen LogP contribution in [0.1, 0.15) is 18.4 Å². The molecule has 0 radical (unpaired) electrons. The van der Waals surface area contributed by atoms with E-state index in [9.17, 15) is 4.39 Å². The summed E-state index contributed by atoms with van der Waals surface area (Å²) in [5.41, 5.74) is 0.910. The first-order valence-electron chi connectivity index (χ1n) is 4.74. The lowest BCUT2D eigenvalue weighted by molar-refractivity contribution is -0.00000325. The van der Waals surface area contributed by atoms with E-state index in [0.717, 1.165) is 11.3 Å². The molecule has 1 aliphatic heterocycles. The molecule has 1 aliphatic rings. The predicted molar refractivity (Wildman–Crippen MR) is 56.4 cm³/mol. The van der Waals surface area contributed by atoms with Crippen LogP contribution in [0.4, 0.5) is 4.39 Å². The zero-order valence-electron chi connectivity index (χ0n) is 8.01. The Bertz CT molecular complexity index is 284. The minimum Gasteiger partial charge on any atom is -1.00 e. The molecule has 0 amide bonds. The Labute approximate surface area is 98.0 Å². The van der Waals surface area contributed by atoms with Gasteiger partial charge in [-0.1, -0.05) is 18.2 Å². The molecular formula is C11H14BrFS. The topological polar surface area (TPSA) is 0 Å². The summed E-state index contributed by atoms with van der Waals surface area (Å²) in [6.45, 7) is 0. The smallest absolute Gasteiger partial charge is 0.136 e. The second-order valence-electron chi connectivity index (χ2n) is 3.46. The SMILES string of the molecule is Fc1ccccc1C[S+]1CCCC1.[Br-]. The average Bonchev–Trinajstić information content (AvgIpc) is 2.61. The third-order valence-electron chi connectivity index (χ3n) is 2.43. The Balaban J connectivity index is 0.000000980. The summed E-state index contributed by atoms with van der Waals surface area (Å²) < 4.78 is 13.2. The summed E-state index contributed by atoms with van der Waals surface area (Å²) in [7, 11) is 0.471. The van der Waals surface area contributed by atoms with Crippen LogP contribution in [0.25, 0.3) is 0 Å². The predicted octanol–water partition coefficient (Wildman–Crippen LogP) is -0.258. The molecule has 78 valence electrons. The Kier molecular flexibility index (Phi) is 4.96. The van der Waals surface area contributed by atoms with E-state index >= 15 is 0 Å². The number of hydrogen-bond donors (Lipinski definition) is 0. The van der Waals surface area contributed by atoms with E-state index in [2.05, 4.69) is 0 Å². The lowest BCUT2D eigenvalue weighted by Gasteiger charge is -2.01. The Morgan fingerprint density at radius 3 is 2.43 bits per heavy atom. The molecule has 1 saturated heterocycles. The van der Waals surface area contributed by atoms with Crippen LogP contribution in [0.3, 0.4) is 0 Å². The summed E-state index contributed by atoms with van der Waals surface area (Å²) >= 11 is 0. The van der Waals surface area contributed by atoms with Gasteiger partial charge in [0.05, 0.1) is 0 Å². The molecule has 0 saturated carbocycles. The van der Waals surface area contributed by atoms with Gasteiger partial charge in [-0.15, -0.1) is 0 Å². The van der Waals surface area contributed by atoms with Gasteiger partial charge < -0.3 is 17.0 Å². The van der Waals surface area contributed by atoms with Crippen molar-refractivity contribution >= 4 is 10.9 Å². The number of halogens is 2. The third kappa shape index (κ3) is 2.99. The first-order chi connectivity index (χ1) is 6.36. The van der Waals surface area contributed by atoms with Crippen LogP contribution < -0.4 is 17.0 Å². The summed E-state index contributed by atoms with van der Waals surface area (Å²) in [5.74, 6) is 3.57. The van der Waals surface area contributed by atoms with Crippen molar-refractivity contribution in [1.29, 1.82) is 0 Å². The van der Waals surface area contributed by atoms with Gasteiger partial charge in [0.2, 0.25) is 0 Å². The average molecular weight is 277 g/mol. The first-order valence-corrected chi connectivity index (χ1v) is 6.47. The van der Waals surface area contributed by atoms with Gasteiger partial charge in [-0.05, 0) is 29.8 Å². The molecule has 3 heteroatoms. The third-order valence-corrected chi connectivity index (χ3v) is 4.88. The molecule has 0 aromatic heterocycles. The Morgan fingerprint density at radius 2 is 1.79 bits per heavy atom. The number of hydrogen-bond acceptors (Lipinski definition) is 0. The van der Waals surface area contributed by atoms with Crippen molar-refractivity contribution in [1.82, 2.24) is 0 Å². The first kappa shape index (κ1) is 12.1. The molecule has 1 aromatic rings. The van der Waals surface area contributed by atoms with Crippen molar-refractivity contribution in [2.45, 2.75) is 18.6 Å². The zero-order valence-corrected chi connectivity index (χ0v) is 10.4. The van der Waals surface area contributed by atoms with Crippen LogP contribution in [0, 0.1) is 5.82 Å². The van der Waals surface area contributed by atoms with Crippen molar-refractivity contribution in [2.75, 3.05) is 11.5 Å². The normalized spacial score (nSPS) is 16.6. The van der Waals surface area contributed by atoms with E-state index in [-0.39, 0.29) is 22.8 Å². The van der Waals surface area contributed by atoms with Crippen molar-refractivity contribution < 1.29 is 21.4 Å². The second-order valence-corrected chi connectivity index (χ2v) is 5.79. The summed E-state index contributed by atoms with van der Waals surface area (Å²) in [6, 6.07) is 7.17. The van der Waals surface area contributed by atoms with Gasteiger partial charge in [0.15, 0.2) is 0 Å². The zero-order chi connectivity index (χ0) is 9.10. The molecule has 2 rings (SSSR count). The maximum atomic E-state index is 13.2. The summed E-state index contributed by atoms with van der Waals surface area (Å²) in [6.07, 6.45) is 2.69. The van der Waals surface area contributed by atoms with Crippen LogP contribution in [0.5, 0.6) is 0 Å². The standard InChI is InChI=1S/C11H14FS.BrH/c12-11-6-2-1-5-10(11)9-13-7-3-4-8-13;/h1-2,5-6H,3-4,7-9H2;1H/q+1;/p-1. The molecule has 0 nitrogen and oxygen atoms in total. The largest absolute Gasteiger partial charge is 1.00 e. The Morgan fingerprint density at radius 1 is 1.14 bits per heavy atom. The van der Waals surface area contributed by atoms with E-state index in [1.165, 1.54) is 24.3 Å². The highest BCUT2D eigenvalue weighted by Gasteiger charge is 2.24. The highest BCUT2D eigenvalue weighted by Crippen LogP contribution is 2.19. The van der Waals surface area contributed by atoms with Crippen LogP contribution in [0.15, 0.2) is 24.3 Å². The molecule has 0 N–H and O–H groups in total. The molecule has 1 aromatic carbocycles. The lowest BCUT2D eigenvalue weighted by Crippen LogP contribution is -3.00. The van der Waals surface area contributed by atoms with Gasteiger partial charge in [0, 0.05) is 5.56 Å². The van der Waals surface area contributed by atoms with Crippen molar-refractivity contribution in [2.24, 2.45) is 0 Å². The fourth-order valence-corrected chi connectivity index (χ4v) is 4.09. The fraction of sp³-hybridized carbons (Fsp3) is 0.455. The van der Waals surface area contributed by atoms with Gasteiger partial charge in [0.25, 0.3) is 0 Å². The fourth-order valence-electron chi connectivity index (χ4n) is 1.69. The second kappa shape index (κ2) is 5.76. The molecule has 0 spiro atoms. The molecule has 14 heavy (non-hydrogen) atoms. The molecular weight excluding hydrogens is 263 g/mol. The van der Waals surface area contributed by atoms with Gasteiger partial charge in [-0.3, -0.25) is 0 Å². The lowest BCUT2D eigenvalue weighted by atomic mass is 10.2. The van der Waals surface area contributed by atoms with Gasteiger partial charge in [-0.2, -0.15) is 0 Å². The van der Waals surface area contributed by atoms with Crippen molar-refractivity contribution in [3.05, 3.63) is 35.6 Å². The van der Waals surface area contributed by atoms with E-state index in [0.29, 0.717) is 10.9 Å². The molecule has 1 heterocycles. The van der Waals surface area contributed by atoms with Gasteiger partial charge in [0.1, 0.15) is 23.1 Å². The van der Waals surface area contributed by atoms with E-state index in [1.807, 2.05) is 12.1 Å². The molecule has 0 atom stereocenters. The van der Waals surface area contributed by atoms with E-state index < -0.39 is 0 Å². The molecule has 0 bridgehead atoms. The van der Waals surface area contributed by atoms with Gasteiger partial charge >= 0.3 is 0 Å². The number of rotatable bonds is 2. The molecule has 0 aliphatic carbocycles. The summed E-state index contributed by atoms with van der Waals surface area (Å²) in [4.78, 5) is 0. The molecule has 1 fully saturated rings. The quantitative estimate of drug-likeness (QED) is 0.654. The van der Waals surface area contributed by atoms with Crippen LogP contribution in [-0.2, 0) is 16.6 Å². The van der Waals surface area contributed by atoms with Gasteiger partial charge in [-0.25, -0.2) is 4.39 Å². The highest BCUT2D eigenvalue weighted by atomic mass is 79.9. The van der Waals surface area contributed by atoms with Crippen molar-refractivity contribution in [3.8, 4) is 0 Å². The van der Waals surface area contributed by atoms with Crippen LogP contribution in [0.2, 0.25) is 0 Å². The Hall–Kier alpha value is -0.0200. The van der Waals surface area contributed by atoms with Crippen LogP contribution in [-0.4, -0.2) is 11.5 Å². The van der Waals surface area contributed by atoms with E-state index in [1.54, 1.807) is 12.1 Å². The maximum Gasteiger partial charge on any atom is 0.136 e. The van der Waals surface area contributed by atoms with Crippen LogP contribution >= 0.6 is 0 Å². The number of benzene rings is 1. The minimum atomic E-state index is -0.0260. The maximum absolute atomic E-state index is 13.2. The van der Waals surface area contributed by atoms with E-state index in [4.69, 9.17) is 0 Å². The highest BCUT2D eigenvalue weighted by molar-refractivity contribution is 7.96. The minimum absolute atomic E-state index is 0. The monoisotopic (exact) mass is 276 g/mol.